The van der Waals surface area contributed by atoms with E-state index in [0.29, 0.717) is 11.3 Å². The van der Waals surface area contributed by atoms with Gasteiger partial charge in [0.2, 0.25) is 5.91 Å². The number of carbonyl (C=O) groups excluding carboxylic acids is 2. The number of likely N-dealkylation sites (N-methyl/N-ethyl adjacent to an activating group) is 1. The molecular formula is C14H21N3O2. The first-order valence-electron chi connectivity index (χ1n) is 6.35. The molecule has 0 unspecified atom stereocenters. The van der Waals surface area contributed by atoms with Crippen LogP contribution in [0.4, 0.5) is 11.4 Å². The molecule has 0 spiro atoms. The zero-order valence-corrected chi connectivity index (χ0v) is 11.7. The third-order valence-electron chi connectivity index (χ3n) is 2.89. The van der Waals surface area contributed by atoms with Crippen LogP contribution in [0.3, 0.4) is 0 Å². The fourth-order valence-corrected chi connectivity index (χ4v) is 1.89. The third kappa shape index (κ3) is 3.98. The van der Waals surface area contributed by atoms with Gasteiger partial charge in [-0.1, -0.05) is 6.92 Å². The maximum absolute atomic E-state index is 11.5. The highest BCUT2D eigenvalue weighted by molar-refractivity contribution is 5.99. The summed E-state index contributed by atoms with van der Waals surface area (Å²) in [4.78, 5) is 24.8. The minimum Gasteiger partial charge on any atom is -0.398 e. The minimum atomic E-state index is -0.0580. The molecule has 19 heavy (non-hydrogen) atoms. The van der Waals surface area contributed by atoms with Crippen LogP contribution in [-0.2, 0) is 4.79 Å². The predicted octanol–water partition coefficient (Wildman–Crippen LogP) is 1.43. The number of nitrogens with one attached hydrogen (secondary N) is 1. The lowest BCUT2D eigenvalue weighted by Gasteiger charge is -2.24. The van der Waals surface area contributed by atoms with Gasteiger partial charge in [0.25, 0.3) is 0 Å². The molecule has 0 atom stereocenters. The first-order valence-corrected chi connectivity index (χ1v) is 6.35. The number of anilines is 2. The van der Waals surface area contributed by atoms with Gasteiger partial charge >= 0.3 is 0 Å². The molecule has 104 valence electrons. The van der Waals surface area contributed by atoms with Crippen molar-refractivity contribution in [2.45, 2.75) is 20.3 Å². The average molecular weight is 263 g/mol. The smallest absolute Gasteiger partial charge is 0.239 e. The van der Waals surface area contributed by atoms with Crippen molar-refractivity contribution in [2.75, 3.05) is 30.8 Å². The molecule has 0 radical (unpaired) electrons. The second-order valence-electron chi connectivity index (χ2n) is 4.42. The molecule has 0 heterocycles. The van der Waals surface area contributed by atoms with Crippen molar-refractivity contribution in [1.29, 1.82) is 0 Å². The van der Waals surface area contributed by atoms with Crippen molar-refractivity contribution < 1.29 is 9.59 Å². The Balaban J connectivity index is 2.99. The van der Waals surface area contributed by atoms with Gasteiger partial charge in [-0.15, -0.1) is 0 Å². The van der Waals surface area contributed by atoms with Gasteiger partial charge in [0, 0.05) is 30.5 Å². The number of benzene rings is 1. The summed E-state index contributed by atoms with van der Waals surface area (Å²) in [6.07, 6.45) is 0.922. The van der Waals surface area contributed by atoms with Crippen LogP contribution in [0, 0.1) is 0 Å². The molecule has 0 aliphatic rings. The van der Waals surface area contributed by atoms with Crippen molar-refractivity contribution in [3.63, 3.8) is 0 Å². The van der Waals surface area contributed by atoms with Gasteiger partial charge in [0.15, 0.2) is 5.78 Å². The zero-order chi connectivity index (χ0) is 14.4. The molecule has 5 heteroatoms. The topological polar surface area (TPSA) is 75.4 Å². The van der Waals surface area contributed by atoms with Crippen molar-refractivity contribution in [3.8, 4) is 0 Å². The van der Waals surface area contributed by atoms with E-state index in [0.717, 1.165) is 18.7 Å². The van der Waals surface area contributed by atoms with Gasteiger partial charge in [0.1, 0.15) is 0 Å². The summed E-state index contributed by atoms with van der Waals surface area (Å²) in [5, 5.41) is 2.60. The summed E-state index contributed by atoms with van der Waals surface area (Å²) < 4.78 is 0. The van der Waals surface area contributed by atoms with Crippen molar-refractivity contribution in [1.82, 2.24) is 5.32 Å². The molecule has 1 aromatic rings. The summed E-state index contributed by atoms with van der Waals surface area (Å²) >= 11 is 0. The number of hydrogen-bond acceptors (Lipinski definition) is 4. The van der Waals surface area contributed by atoms with Crippen LogP contribution in [0.2, 0.25) is 0 Å². The molecule has 0 saturated heterocycles. The van der Waals surface area contributed by atoms with Crippen LogP contribution in [0.25, 0.3) is 0 Å². The van der Waals surface area contributed by atoms with E-state index >= 15 is 0 Å². The van der Waals surface area contributed by atoms with Gasteiger partial charge in [-0.25, -0.2) is 0 Å². The van der Waals surface area contributed by atoms with Crippen LogP contribution in [0.15, 0.2) is 18.2 Å². The van der Waals surface area contributed by atoms with E-state index in [9.17, 15) is 9.59 Å². The summed E-state index contributed by atoms with van der Waals surface area (Å²) in [5.74, 6) is -0.111. The number of hydrogen-bond donors (Lipinski definition) is 2. The fourth-order valence-electron chi connectivity index (χ4n) is 1.89. The number of carbonyl (C=O) groups is 2. The molecule has 5 nitrogen and oxygen atoms in total. The lowest BCUT2D eigenvalue weighted by Crippen LogP contribution is -2.36. The summed E-state index contributed by atoms with van der Waals surface area (Å²) in [6, 6.07) is 5.28. The number of nitrogens with zero attached hydrogens (tertiary/aromatic N) is 1. The van der Waals surface area contributed by atoms with E-state index in [1.165, 1.54) is 6.92 Å². The summed E-state index contributed by atoms with van der Waals surface area (Å²) in [5.41, 5.74) is 7.69. The number of rotatable bonds is 6. The fraction of sp³-hybridized carbons (Fsp3) is 0.429. The number of nitrogen functional groups attached to an aromatic ring is 1. The molecule has 0 aliphatic heterocycles. The Morgan fingerprint density at radius 2 is 2.05 bits per heavy atom. The number of ketones is 1. The number of nitrogens with two attached hydrogens (primary N) is 1. The third-order valence-corrected chi connectivity index (χ3v) is 2.89. The highest BCUT2D eigenvalue weighted by atomic mass is 16.2. The average Bonchev–Trinajstić information content (AvgIpc) is 2.37. The van der Waals surface area contributed by atoms with Crippen LogP contribution in [0.1, 0.15) is 30.6 Å². The lowest BCUT2D eigenvalue weighted by molar-refractivity contribution is -0.119. The van der Waals surface area contributed by atoms with Crippen LogP contribution < -0.4 is 16.0 Å². The van der Waals surface area contributed by atoms with E-state index in [2.05, 4.69) is 5.32 Å². The Labute approximate surface area is 113 Å². The van der Waals surface area contributed by atoms with Gasteiger partial charge in [-0.05, 0) is 31.5 Å². The van der Waals surface area contributed by atoms with Crippen LogP contribution in [0.5, 0.6) is 0 Å². The minimum absolute atomic E-state index is 0.0531. The molecule has 1 rings (SSSR count). The second kappa shape index (κ2) is 6.78. The van der Waals surface area contributed by atoms with Crippen LogP contribution in [-0.4, -0.2) is 31.8 Å². The molecule has 1 amide bonds. The van der Waals surface area contributed by atoms with Gasteiger partial charge in [-0.2, -0.15) is 0 Å². The van der Waals surface area contributed by atoms with E-state index < -0.39 is 0 Å². The quantitative estimate of drug-likeness (QED) is 0.601. The molecule has 0 aliphatic carbocycles. The van der Waals surface area contributed by atoms with E-state index in [-0.39, 0.29) is 18.2 Å². The maximum atomic E-state index is 11.5. The Hall–Kier alpha value is -2.04. The summed E-state index contributed by atoms with van der Waals surface area (Å²) in [6.45, 7) is 4.57. The Bertz CT molecular complexity index is 472. The van der Waals surface area contributed by atoms with Crippen molar-refractivity contribution in [3.05, 3.63) is 23.8 Å². The largest absolute Gasteiger partial charge is 0.398 e. The van der Waals surface area contributed by atoms with E-state index in [1.54, 1.807) is 19.2 Å². The van der Waals surface area contributed by atoms with Crippen molar-refractivity contribution in [2.24, 2.45) is 0 Å². The first-order chi connectivity index (χ1) is 8.99. The van der Waals surface area contributed by atoms with Gasteiger partial charge in [-0.3, -0.25) is 9.59 Å². The summed E-state index contributed by atoms with van der Waals surface area (Å²) in [7, 11) is 1.61. The van der Waals surface area contributed by atoms with Gasteiger partial charge < -0.3 is 16.0 Å². The molecule has 0 fully saturated rings. The van der Waals surface area contributed by atoms with Crippen LogP contribution >= 0.6 is 0 Å². The van der Waals surface area contributed by atoms with E-state index in [1.807, 2.05) is 17.9 Å². The molecule has 0 saturated carbocycles. The van der Waals surface area contributed by atoms with E-state index in [4.69, 9.17) is 5.73 Å². The Morgan fingerprint density at radius 1 is 1.37 bits per heavy atom. The normalized spacial score (nSPS) is 10.1. The standard InChI is InChI=1S/C14H21N3O2/c1-4-7-17(9-14(19)16-3)11-5-6-12(10(2)18)13(15)8-11/h5-6,8H,4,7,9,15H2,1-3H3,(H,16,19). The number of amides is 1. The molecule has 3 N–H and O–H groups in total. The van der Waals surface area contributed by atoms with Gasteiger partial charge in [0.05, 0.1) is 6.54 Å². The highest BCUT2D eigenvalue weighted by Crippen LogP contribution is 2.22. The zero-order valence-electron chi connectivity index (χ0n) is 11.7. The predicted molar refractivity (Wildman–Crippen MR) is 77.4 cm³/mol. The molecule has 1 aromatic carbocycles. The monoisotopic (exact) mass is 263 g/mol. The first kappa shape index (κ1) is 15.0. The second-order valence-corrected chi connectivity index (χ2v) is 4.42. The number of Topliss-reactive ketones (excluding diaryl/α,β-unsaturated/α-hetero) is 1. The maximum Gasteiger partial charge on any atom is 0.239 e. The molecular weight excluding hydrogens is 242 g/mol. The molecule has 0 bridgehead atoms. The Morgan fingerprint density at radius 3 is 2.53 bits per heavy atom. The van der Waals surface area contributed by atoms with Crippen molar-refractivity contribution >= 4 is 23.1 Å². The highest BCUT2D eigenvalue weighted by Gasteiger charge is 2.12. The lowest BCUT2D eigenvalue weighted by atomic mass is 10.1. The SMILES string of the molecule is CCCN(CC(=O)NC)c1ccc(C(C)=O)c(N)c1. The Kier molecular flexibility index (Phi) is 5.36. The molecule has 0 aromatic heterocycles.